The zero-order chi connectivity index (χ0) is 22.0. The average molecular weight is 438 g/mol. The van der Waals surface area contributed by atoms with Crippen LogP contribution in [0.5, 0.6) is 0 Å². The molecule has 1 aliphatic heterocycles. The molecule has 31 heavy (non-hydrogen) atoms. The number of nitrogens with one attached hydrogen (secondary N) is 1. The third-order valence-corrected chi connectivity index (χ3v) is 6.91. The molecule has 0 aromatic heterocycles. The average Bonchev–Trinajstić information content (AvgIpc) is 3.37. The van der Waals surface area contributed by atoms with Gasteiger partial charge in [-0.1, -0.05) is 31.0 Å². The topological polar surface area (TPSA) is 52.7 Å². The Hall–Kier alpha value is -2.09. The quantitative estimate of drug-likeness (QED) is 0.743. The molecular formula is C23H30F3N3O2. The summed E-state index contributed by atoms with van der Waals surface area (Å²) < 4.78 is 39.6. The van der Waals surface area contributed by atoms with Crippen molar-refractivity contribution in [1.82, 2.24) is 15.1 Å². The summed E-state index contributed by atoms with van der Waals surface area (Å²) in [6.45, 7) is 4.19. The molecule has 8 heteroatoms. The molecule has 2 saturated carbocycles. The summed E-state index contributed by atoms with van der Waals surface area (Å²) >= 11 is 0. The number of alkyl halides is 3. The second-order valence-electron chi connectivity index (χ2n) is 8.97. The number of piperazine rings is 1. The van der Waals surface area contributed by atoms with Crippen LogP contribution in [0, 0.1) is 11.8 Å². The monoisotopic (exact) mass is 437 g/mol. The van der Waals surface area contributed by atoms with Crippen LogP contribution >= 0.6 is 0 Å². The van der Waals surface area contributed by atoms with Crippen LogP contribution < -0.4 is 5.32 Å². The van der Waals surface area contributed by atoms with E-state index in [1.165, 1.54) is 12.1 Å². The molecule has 2 amide bonds. The van der Waals surface area contributed by atoms with E-state index in [1.807, 2.05) is 4.90 Å². The number of rotatable bonds is 6. The second kappa shape index (κ2) is 9.18. The highest BCUT2D eigenvalue weighted by Gasteiger charge is 2.47. The molecule has 2 unspecified atom stereocenters. The SMILES string of the molecule is O=C(NCCN1CCN(C(=O)C2CCCC2)CC1)C1CC1c1ccccc1C(F)(F)F. The Labute approximate surface area is 181 Å². The number of hydrogen-bond acceptors (Lipinski definition) is 3. The molecule has 0 spiro atoms. The summed E-state index contributed by atoms with van der Waals surface area (Å²) in [6, 6.07) is 5.53. The molecule has 0 bridgehead atoms. The first-order chi connectivity index (χ1) is 14.8. The van der Waals surface area contributed by atoms with Gasteiger partial charge in [0, 0.05) is 51.1 Å². The molecular weight excluding hydrogens is 407 g/mol. The van der Waals surface area contributed by atoms with Gasteiger partial charge in [-0.3, -0.25) is 14.5 Å². The van der Waals surface area contributed by atoms with Crippen molar-refractivity contribution in [2.24, 2.45) is 11.8 Å². The van der Waals surface area contributed by atoms with Crippen molar-refractivity contribution in [1.29, 1.82) is 0 Å². The van der Waals surface area contributed by atoms with E-state index in [-0.39, 0.29) is 29.2 Å². The van der Waals surface area contributed by atoms with Crippen LogP contribution in [0.4, 0.5) is 13.2 Å². The first kappa shape index (κ1) is 22.1. The molecule has 3 aliphatic rings. The van der Waals surface area contributed by atoms with E-state index in [0.717, 1.165) is 57.9 Å². The van der Waals surface area contributed by atoms with Gasteiger partial charge in [-0.05, 0) is 36.8 Å². The molecule has 1 N–H and O–H groups in total. The maximum absolute atomic E-state index is 13.2. The number of carbonyl (C=O) groups excluding carboxylic acids is 2. The van der Waals surface area contributed by atoms with Gasteiger partial charge in [0.1, 0.15) is 0 Å². The Bertz CT molecular complexity index is 800. The Morgan fingerprint density at radius 3 is 2.39 bits per heavy atom. The summed E-state index contributed by atoms with van der Waals surface area (Å²) in [7, 11) is 0. The molecule has 1 aromatic rings. The minimum Gasteiger partial charge on any atom is -0.355 e. The van der Waals surface area contributed by atoms with Gasteiger partial charge in [0.2, 0.25) is 11.8 Å². The highest BCUT2D eigenvalue weighted by molar-refractivity contribution is 5.83. The lowest BCUT2D eigenvalue weighted by Gasteiger charge is -2.36. The van der Waals surface area contributed by atoms with Crippen molar-refractivity contribution in [3.05, 3.63) is 35.4 Å². The Balaban J connectivity index is 1.18. The van der Waals surface area contributed by atoms with E-state index in [2.05, 4.69) is 10.2 Å². The van der Waals surface area contributed by atoms with Crippen molar-refractivity contribution < 1.29 is 22.8 Å². The van der Waals surface area contributed by atoms with Crippen LogP contribution in [-0.4, -0.2) is 60.9 Å². The second-order valence-corrected chi connectivity index (χ2v) is 8.97. The van der Waals surface area contributed by atoms with Gasteiger partial charge in [0.25, 0.3) is 0 Å². The van der Waals surface area contributed by atoms with E-state index in [1.54, 1.807) is 6.07 Å². The first-order valence-electron chi connectivity index (χ1n) is 11.3. The highest BCUT2D eigenvalue weighted by Crippen LogP contribution is 2.51. The largest absolute Gasteiger partial charge is 0.416 e. The fourth-order valence-electron chi connectivity index (χ4n) is 5.00. The van der Waals surface area contributed by atoms with Gasteiger partial charge < -0.3 is 10.2 Å². The highest BCUT2D eigenvalue weighted by atomic mass is 19.4. The van der Waals surface area contributed by atoms with Crippen molar-refractivity contribution in [2.45, 2.75) is 44.2 Å². The lowest BCUT2D eigenvalue weighted by Crippen LogP contribution is -2.51. The number of amides is 2. The molecule has 2 aliphatic carbocycles. The molecule has 1 saturated heterocycles. The van der Waals surface area contributed by atoms with E-state index in [0.29, 0.717) is 25.4 Å². The summed E-state index contributed by atoms with van der Waals surface area (Å²) in [6.07, 6.45) is 0.392. The fraction of sp³-hybridized carbons (Fsp3) is 0.652. The van der Waals surface area contributed by atoms with Crippen molar-refractivity contribution >= 4 is 11.8 Å². The summed E-state index contributed by atoms with van der Waals surface area (Å²) in [5, 5.41) is 2.89. The zero-order valence-corrected chi connectivity index (χ0v) is 17.7. The number of hydrogen-bond donors (Lipinski definition) is 1. The minimum absolute atomic E-state index is 0.169. The third-order valence-electron chi connectivity index (χ3n) is 6.91. The summed E-state index contributed by atoms with van der Waals surface area (Å²) in [5.41, 5.74) is -0.418. The van der Waals surface area contributed by atoms with Gasteiger partial charge in [-0.15, -0.1) is 0 Å². The van der Waals surface area contributed by atoms with E-state index >= 15 is 0 Å². The molecule has 3 fully saturated rings. The number of nitrogens with zero attached hydrogens (tertiary/aromatic N) is 2. The Morgan fingerprint density at radius 1 is 1.03 bits per heavy atom. The fourth-order valence-corrected chi connectivity index (χ4v) is 5.00. The van der Waals surface area contributed by atoms with Crippen LogP contribution in [0.25, 0.3) is 0 Å². The first-order valence-corrected chi connectivity index (χ1v) is 11.3. The Kier molecular flexibility index (Phi) is 6.55. The van der Waals surface area contributed by atoms with Crippen LogP contribution in [-0.2, 0) is 15.8 Å². The van der Waals surface area contributed by atoms with Gasteiger partial charge in [-0.25, -0.2) is 0 Å². The van der Waals surface area contributed by atoms with Gasteiger partial charge in [0.15, 0.2) is 0 Å². The van der Waals surface area contributed by atoms with Crippen LogP contribution in [0.1, 0.15) is 49.1 Å². The molecule has 1 heterocycles. The number of halogens is 3. The van der Waals surface area contributed by atoms with E-state index in [4.69, 9.17) is 0 Å². The van der Waals surface area contributed by atoms with E-state index in [9.17, 15) is 22.8 Å². The molecule has 2 atom stereocenters. The number of benzene rings is 1. The Morgan fingerprint density at radius 2 is 1.71 bits per heavy atom. The molecule has 170 valence electrons. The summed E-state index contributed by atoms with van der Waals surface area (Å²) in [5.74, 6) is -0.409. The molecule has 1 aromatic carbocycles. The van der Waals surface area contributed by atoms with Gasteiger partial charge in [0.05, 0.1) is 5.56 Å². The zero-order valence-electron chi connectivity index (χ0n) is 17.7. The maximum atomic E-state index is 13.2. The summed E-state index contributed by atoms with van der Waals surface area (Å²) in [4.78, 5) is 29.1. The molecule has 5 nitrogen and oxygen atoms in total. The third kappa shape index (κ3) is 5.22. The molecule has 0 radical (unpaired) electrons. The normalized spacial score (nSPS) is 24.9. The van der Waals surface area contributed by atoms with E-state index < -0.39 is 11.7 Å². The van der Waals surface area contributed by atoms with Gasteiger partial charge >= 0.3 is 6.18 Å². The predicted octanol–water partition coefficient (Wildman–Crippen LogP) is 3.26. The molecule has 4 rings (SSSR count). The van der Waals surface area contributed by atoms with Crippen LogP contribution in [0.15, 0.2) is 24.3 Å². The van der Waals surface area contributed by atoms with Crippen molar-refractivity contribution in [3.63, 3.8) is 0 Å². The number of carbonyl (C=O) groups is 2. The van der Waals surface area contributed by atoms with Crippen LogP contribution in [0.2, 0.25) is 0 Å². The smallest absolute Gasteiger partial charge is 0.355 e. The van der Waals surface area contributed by atoms with Crippen molar-refractivity contribution in [3.8, 4) is 0 Å². The van der Waals surface area contributed by atoms with Crippen molar-refractivity contribution in [2.75, 3.05) is 39.3 Å². The van der Waals surface area contributed by atoms with Gasteiger partial charge in [-0.2, -0.15) is 13.2 Å². The predicted molar refractivity (Wildman–Crippen MR) is 110 cm³/mol. The minimum atomic E-state index is -4.40. The standard InChI is InChI=1S/C23H30F3N3O2/c24-23(25,26)20-8-4-3-7-17(20)18-15-19(18)21(30)27-9-10-28-11-13-29(14-12-28)22(31)16-5-1-2-6-16/h3-4,7-8,16,18-19H,1-2,5-6,9-15H2,(H,27,30). The lowest BCUT2D eigenvalue weighted by molar-refractivity contribution is -0.138. The maximum Gasteiger partial charge on any atom is 0.416 e. The lowest BCUT2D eigenvalue weighted by atomic mass is 10.0. The van der Waals surface area contributed by atoms with Crippen LogP contribution in [0.3, 0.4) is 0 Å².